The molecule has 0 aliphatic carbocycles. The number of anilines is 1. The van der Waals surface area contributed by atoms with Crippen molar-refractivity contribution >= 4 is 23.1 Å². The van der Waals surface area contributed by atoms with E-state index >= 15 is 0 Å². The second-order valence-electron chi connectivity index (χ2n) is 6.42. The van der Waals surface area contributed by atoms with Crippen LogP contribution in [0.5, 0.6) is 0 Å². The second-order valence-corrected chi connectivity index (χ2v) is 6.86. The van der Waals surface area contributed by atoms with Gasteiger partial charge in [0.05, 0.1) is 17.9 Å². The lowest BCUT2D eigenvalue weighted by molar-refractivity contribution is 0.629. The molecule has 28 heavy (non-hydrogen) atoms. The molecule has 0 fully saturated rings. The summed E-state index contributed by atoms with van der Waals surface area (Å²) in [5.74, 6) is 0.415. The average Bonchev–Trinajstić information content (AvgIpc) is 3.09. The number of benzene rings is 2. The van der Waals surface area contributed by atoms with Gasteiger partial charge in [0.2, 0.25) is 0 Å². The van der Waals surface area contributed by atoms with Crippen molar-refractivity contribution in [3.8, 4) is 0 Å². The van der Waals surface area contributed by atoms with E-state index in [1.807, 2.05) is 12.1 Å². The Hall–Kier alpha value is -3.19. The van der Waals surface area contributed by atoms with E-state index in [0.717, 1.165) is 5.56 Å². The molecule has 0 bridgehead atoms. The van der Waals surface area contributed by atoms with Crippen LogP contribution >= 0.6 is 11.6 Å². The summed E-state index contributed by atoms with van der Waals surface area (Å²) in [7, 11) is 0. The number of nitrogens with one attached hydrogen (secondary N) is 2. The molecule has 2 aromatic heterocycles. The minimum Gasteiger partial charge on any atom is -0.375 e. The summed E-state index contributed by atoms with van der Waals surface area (Å²) in [5, 5.41) is 6.54. The molecule has 4 aromatic rings. The van der Waals surface area contributed by atoms with E-state index in [9.17, 15) is 9.18 Å². The molecule has 0 saturated heterocycles. The summed E-state index contributed by atoms with van der Waals surface area (Å²) < 4.78 is 15.0. The predicted octanol–water partition coefficient (Wildman–Crippen LogP) is 3.72. The zero-order chi connectivity index (χ0) is 19.7. The van der Waals surface area contributed by atoms with Gasteiger partial charge < -0.3 is 5.32 Å². The van der Waals surface area contributed by atoms with Crippen LogP contribution in [-0.2, 0) is 13.0 Å². The Labute approximate surface area is 165 Å². The van der Waals surface area contributed by atoms with Crippen molar-refractivity contribution in [1.82, 2.24) is 19.6 Å². The number of rotatable bonds is 5. The molecular formula is C20H17ClFN5O. The fraction of sp³-hybridized carbons (Fsp3) is 0.150. The Kier molecular flexibility index (Phi) is 4.83. The van der Waals surface area contributed by atoms with Crippen molar-refractivity contribution in [2.45, 2.75) is 19.9 Å². The van der Waals surface area contributed by atoms with Crippen molar-refractivity contribution in [1.29, 1.82) is 0 Å². The fourth-order valence-corrected chi connectivity index (χ4v) is 3.10. The van der Waals surface area contributed by atoms with Crippen LogP contribution in [0, 0.1) is 12.7 Å². The van der Waals surface area contributed by atoms with Gasteiger partial charge in [-0.15, -0.1) is 0 Å². The van der Waals surface area contributed by atoms with E-state index in [-0.39, 0.29) is 23.7 Å². The third kappa shape index (κ3) is 3.61. The number of nitrogens with zero attached hydrogens (tertiary/aromatic N) is 3. The molecule has 6 nitrogen and oxygen atoms in total. The van der Waals surface area contributed by atoms with Crippen molar-refractivity contribution < 1.29 is 4.39 Å². The van der Waals surface area contributed by atoms with Gasteiger partial charge >= 0.3 is 0 Å². The molecule has 0 aliphatic rings. The summed E-state index contributed by atoms with van der Waals surface area (Å²) in [6.07, 6.45) is 0.444. The van der Waals surface area contributed by atoms with Gasteiger partial charge in [-0.25, -0.2) is 9.37 Å². The largest absolute Gasteiger partial charge is 0.375 e. The first kappa shape index (κ1) is 18.2. The van der Waals surface area contributed by atoms with Crippen molar-refractivity contribution in [2.75, 3.05) is 5.32 Å². The number of para-hydroxylation sites is 1. The SMILES string of the molecule is Cc1nc2nc(CNc3ccccc3F)[nH]n2c(=O)c1Cc1ccc(Cl)cc1. The maximum atomic E-state index is 13.7. The molecule has 0 aliphatic heterocycles. The molecule has 0 spiro atoms. The van der Waals surface area contributed by atoms with Crippen LogP contribution in [0.25, 0.3) is 5.78 Å². The molecule has 0 radical (unpaired) electrons. The summed E-state index contributed by atoms with van der Waals surface area (Å²) in [4.78, 5) is 21.7. The van der Waals surface area contributed by atoms with Gasteiger partial charge in [0.25, 0.3) is 11.3 Å². The third-order valence-electron chi connectivity index (χ3n) is 4.46. The minimum atomic E-state index is -0.352. The number of aryl methyl sites for hydroxylation is 1. The Balaban J connectivity index is 1.62. The van der Waals surface area contributed by atoms with Crippen LogP contribution in [0.1, 0.15) is 22.6 Å². The van der Waals surface area contributed by atoms with E-state index in [4.69, 9.17) is 11.6 Å². The number of hydrogen-bond donors (Lipinski definition) is 2. The molecule has 0 unspecified atom stereocenters. The maximum Gasteiger partial charge on any atom is 0.277 e. The van der Waals surface area contributed by atoms with Crippen LogP contribution < -0.4 is 10.9 Å². The molecule has 0 amide bonds. The topological polar surface area (TPSA) is 75.1 Å². The monoisotopic (exact) mass is 397 g/mol. The van der Waals surface area contributed by atoms with E-state index in [1.54, 1.807) is 37.3 Å². The zero-order valence-electron chi connectivity index (χ0n) is 15.0. The first-order valence-corrected chi connectivity index (χ1v) is 9.09. The first-order valence-electron chi connectivity index (χ1n) is 8.71. The standard InChI is InChI=1S/C20H17ClFN5O/c1-12-15(10-13-6-8-14(21)9-7-13)19(28)27-20(24-12)25-18(26-27)11-23-17-5-3-2-4-16(17)22/h2-9,23H,10-11H2,1H3,(H,24,25,26). The highest BCUT2D eigenvalue weighted by molar-refractivity contribution is 6.30. The summed E-state index contributed by atoms with van der Waals surface area (Å²) in [6, 6.07) is 13.7. The Morgan fingerprint density at radius 2 is 1.89 bits per heavy atom. The molecule has 142 valence electrons. The number of fused-ring (bicyclic) bond motifs is 1. The highest BCUT2D eigenvalue weighted by Gasteiger charge is 2.14. The number of halogens is 2. The van der Waals surface area contributed by atoms with E-state index in [1.165, 1.54) is 10.6 Å². The van der Waals surface area contributed by atoms with Crippen molar-refractivity contribution in [3.05, 3.63) is 92.4 Å². The Bertz CT molecular complexity index is 1200. The van der Waals surface area contributed by atoms with Crippen LogP contribution in [0.4, 0.5) is 10.1 Å². The summed E-state index contributed by atoms with van der Waals surface area (Å²) in [6.45, 7) is 2.02. The predicted molar refractivity (Wildman–Crippen MR) is 106 cm³/mol. The molecule has 2 heterocycles. The molecule has 8 heteroatoms. The van der Waals surface area contributed by atoms with Gasteiger partial charge in [0, 0.05) is 17.0 Å². The van der Waals surface area contributed by atoms with Crippen LogP contribution in [-0.4, -0.2) is 19.6 Å². The molecule has 2 N–H and O–H groups in total. The van der Waals surface area contributed by atoms with E-state index in [2.05, 4.69) is 20.4 Å². The molecule has 2 aromatic carbocycles. The fourth-order valence-electron chi connectivity index (χ4n) is 2.97. The molecule has 0 atom stereocenters. The van der Waals surface area contributed by atoms with Gasteiger partial charge in [-0.1, -0.05) is 35.9 Å². The van der Waals surface area contributed by atoms with Gasteiger partial charge in [-0.05, 0) is 36.8 Å². The summed E-state index contributed by atoms with van der Waals surface area (Å²) >= 11 is 5.92. The maximum absolute atomic E-state index is 13.7. The molecular weight excluding hydrogens is 381 g/mol. The molecule has 0 saturated carbocycles. The van der Waals surface area contributed by atoms with Gasteiger partial charge in [0.1, 0.15) is 11.6 Å². The van der Waals surface area contributed by atoms with Gasteiger partial charge in [-0.3, -0.25) is 9.89 Å². The van der Waals surface area contributed by atoms with Gasteiger partial charge in [0.15, 0.2) is 0 Å². The third-order valence-corrected chi connectivity index (χ3v) is 4.71. The Morgan fingerprint density at radius 3 is 2.64 bits per heavy atom. The number of aromatic nitrogens is 4. The lowest BCUT2D eigenvalue weighted by Crippen LogP contribution is -2.22. The van der Waals surface area contributed by atoms with Crippen LogP contribution in [0.3, 0.4) is 0 Å². The highest BCUT2D eigenvalue weighted by atomic mass is 35.5. The normalized spacial score (nSPS) is 11.1. The molecule has 4 rings (SSSR count). The quantitative estimate of drug-likeness (QED) is 0.538. The smallest absolute Gasteiger partial charge is 0.277 e. The van der Waals surface area contributed by atoms with E-state index < -0.39 is 0 Å². The number of hydrogen-bond acceptors (Lipinski definition) is 4. The first-order chi connectivity index (χ1) is 13.5. The lowest BCUT2D eigenvalue weighted by Gasteiger charge is -2.05. The Morgan fingerprint density at radius 1 is 1.14 bits per heavy atom. The number of aromatic amines is 1. The van der Waals surface area contributed by atoms with E-state index in [0.29, 0.717) is 34.2 Å². The average molecular weight is 398 g/mol. The minimum absolute atomic E-state index is 0.206. The zero-order valence-corrected chi connectivity index (χ0v) is 15.8. The van der Waals surface area contributed by atoms with Crippen molar-refractivity contribution in [2.24, 2.45) is 0 Å². The van der Waals surface area contributed by atoms with Crippen LogP contribution in [0.15, 0.2) is 53.3 Å². The highest BCUT2D eigenvalue weighted by Crippen LogP contribution is 2.15. The lowest BCUT2D eigenvalue weighted by atomic mass is 10.1. The van der Waals surface area contributed by atoms with Gasteiger partial charge in [-0.2, -0.15) is 9.50 Å². The summed E-state index contributed by atoms with van der Waals surface area (Å²) in [5.41, 5.74) is 2.33. The van der Waals surface area contributed by atoms with Crippen LogP contribution in [0.2, 0.25) is 5.02 Å². The second kappa shape index (κ2) is 7.44. The number of H-pyrrole nitrogens is 1. The van der Waals surface area contributed by atoms with Crippen molar-refractivity contribution in [3.63, 3.8) is 0 Å².